The zero-order valence-corrected chi connectivity index (χ0v) is 27.0. The molecule has 0 saturated heterocycles. The molecular weight excluding hydrogens is 978 g/mol. The summed E-state index contributed by atoms with van der Waals surface area (Å²) in [6.45, 7) is -0.636. The summed E-state index contributed by atoms with van der Waals surface area (Å²) < 4.78 is 449. The van der Waals surface area contributed by atoms with Crippen LogP contribution in [0.2, 0.25) is 5.54 Å². The van der Waals surface area contributed by atoms with Crippen LogP contribution >= 0.6 is 33.2 Å². The summed E-state index contributed by atoms with van der Waals surface area (Å²) in [6, 6.07) is -5.78. The van der Waals surface area contributed by atoms with Gasteiger partial charge >= 0.3 is 101 Å². The second-order valence-corrected chi connectivity index (χ2v) is 19.5. The van der Waals surface area contributed by atoms with E-state index in [0.717, 1.165) is 0 Å². The first-order valence-corrected chi connectivity index (χ1v) is 16.8. The predicted octanol–water partition coefficient (Wildman–Crippen LogP) is 13.1. The van der Waals surface area contributed by atoms with Gasteiger partial charge in [0.25, 0.3) is 0 Å². The SMILES string of the molecule is CC(C(F)(F)C(F)(F)C(F)(F)C(F)(F)C(F)(F)C(F)(F)C(F)(F)C(F)(F)C(F)(F)C(F)(F)C(F)(F)C(F)(F)C(F)(F)C(F)(F)C(F)(F)C(F)(F)F)[Si](Cl)(Cl)Cl. The van der Waals surface area contributed by atoms with Gasteiger partial charge < -0.3 is 0 Å². The molecule has 37 heteroatoms. The molecule has 0 aliphatic rings. The van der Waals surface area contributed by atoms with E-state index >= 15 is 0 Å². The van der Waals surface area contributed by atoms with Crippen LogP contribution in [0.1, 0.15) is 6.92 Å². The average Bonchev–Trinajstić information content (AvgIpc) is 2.93. The highest BCUT2D eigenvalue weighted by molar-refractivity contribution is 7.65. The van der Waals surface area contributed by atoms with Crippen molar-refractivity contribution >= 4 is 39.2 Å². The lowest BCUT2D eigenvalue weighted by molar-refractivity contribution is -0.491. The van der Waals surface area contributed by atoms with E-state index < -0.39 is 113 Å². The second kappa shape index (κ2) is 13.1. The van der Waals surface area contributed by atoms with Crippen molar-refractivity contribution in [3.05, 3.63) is 0 Å². The smallest absolute Gasteiger partial charge is 0.200 e. The van der Waals surface area contributed by atoms with Crippen molar-refractivity contribution in [1.29, 1.82) is 0 Å². The summed E-state index contributed by atoms with van der Waals surface area (Å²) in [5.74, 6) is -143. The number of hydrogen-bond donors (Lipinski definition) is 0. The Labute approximate surface area is 292 Å². The van der Waals surface area contributed by atoms with Gasteiger partial charge in [-0.05, 0) is 0 Å². The Hall–Kier alpha value is -1.22. The van der Waals surface area contributed by atoms with Crippen molar-refractivity contribution in [2.75, 3.05) is 0 Å². The fourth-order valence-electron chi connectivity index (χ4n) is 3.23. The Morgan fingerprint density at radius 2 is 0.382 bits per heavy atom. The van der Waals surface area contributed by atoms with Gasteiger partial charge in [-0.1, -0.05) is 6.92 Å². The van der Waals surface area contributed by atoms with Crippen LogP contribution in [0.15, 0.2) is 0 Å². The average molecular weight is 982 g/mol. The van der Waals surface area contributed by atoms with E-state index in [0.29, 0.717) is 0 Å². The van der Waals surface area contributed by atoms with Crippen LogP contribution in [0.5, 0.6) is 0 Å². The lowest BCUT2D eigenvalue weighted by Gasteiger charge is -2.47. The van der Waals surface area contributed by atoms with Crippen molar-refractivity contribution in [2.24, 2.45) is 0 Å². The first-order chi connectivity index (χ1) is 22.9. The van der Waals surface area contributed by atoms with Gasteiger partial charge in [0.1, 0.15) is 0 Å². The van der Waals surface area contributed by atoms with Gasteiger partial charge in [-0.2, -0.15) is 145 Å². The van der Waals surface area contributed by atoms with Crippen molar-refractivity contribution in [3.63, 3.8) is 0 Å². The lowest BCUT2D eigenvalue weighted by atomic mass is 9.82. The van der Waals surface area contributed by atoms with Crippen LogP contribution in [0, 0.1) is 0 Å². The quantitative estimate of drug-likeness (QED) is 0.0821. The fourth-order valence-corrected chi connectivity index (χ4v) is 5.06. The monoisotopic (exact) mass is 980 g/mol. The minimum Gasteiger partial charge on any atom is -0.200 e. The molecule has 0 aromatic rings. The third-order valence-electron chi connectivity index (χ3n) is 6.94. The molecule has 55 heavy (non-hydrogen) atoms. The van der Waals surface area contributed by atoms with Crippen molar-refractivity contribution < 1.29 is 145 Å². The van der Waals surface area contributed by atoms with Gasteiger partial charge in [-0.15, -0.1) is 33.2 Å². The van der Waals surface area contributed by atoms with E-state index in [4.69, 9.17) is 33.2 Å². The molecule has 0 radical (unpaired) electrons. The topological polar surface area (TPSA) is 0 Å². The molecule has 0 fully saturated rings. The van der Waals surface area contributed by atoms with Crippen molar-refractivity contribution in [3.8, 4) is 0 Å². The zero-order chi connectivity index (χ0) is 46.1. The maximum absolute atomic E-state index is 14.0. The maximum atomic E-state index is 14.0. The van der Waals surface area contributed by atoms with Crippen LogP contribution in [0.4, 0.5) is 145 Å². The van der Waals surface area contributed by atoms with Gasteiger partial charge in [-0.3, -0.25) is 0 Å². The van der Waals surface area contributed by atoms with Crippen LogP contribution < -0.4 is 0 Å². The molecule has 0 bridgehead atoms. The first kappa shape index (κ1) is 53.8. The van der Waals surface area contributed by atoms with E-state index in [-0.39, 0.29) is 0 Å². The van der Waals surface area contributed by atoms with E-state index in [1.54, 1.807) is 0 Å². The number of rotatable bonds is 16. The molecule has 0 rings (SSSR count). The molecule has 0 spiro atoms. The highest BCUT2D eigenvalue weighted by Gasteiger charge is 3.02. The molecule has 332 valence electrons. The summed E-state index contributed by atoms with van der Waals surface area (Å²) in [7, 11) is 0. The van der Waals surface area contributed by atoms with E-state index in [2.05, 4.69) is 0 Å². The maximum Gasteiger partial charge on any atom is 0.460 e. The van der Waals surface area contributed by atoms with E-state index in [1.165, 1.54) is 0 Å². The number of hydrogen-bond acceptors (Lipinski definition) is 0. The highest BCUT2D eigenvalue weighted by atomic mass is 35.8. The molecule has 1 atom stereocenters. The molecule has 0 heterocycles. The molecule has 0 saturated carbocycles. The minimum atomic E-state index is -10.2. The van der Waals surface area contributed by atoms with Crippen molar-refractivity contribution in [1.82, 2.24) is 0 Å². The number of halogens is 36. The molecule has 0 aromatic heterocycles. The van der Waals surface area contributed by atoms with Gasteiger partial charge in [-0.25, -0.2) is 0 Å². The summed E-state index contributed by atoms with van der Waals surface area (Å²) >= 11 is 14.2. The zero-order valence-electron chi connectivity index (χ0n) is 23.7. The molecule has 0 nitrogen and oxygen atoms in total. The lowest BCUT2D eigenvalue weighted by Crippen LogP contribution is -2.80. The van der Waals surface area contributed by atoms with Gasteiger partial charge in [0.15, 0.2) is 0 Å². The molecule has 0 aromatic carbocycles. The Bertz CT molecular complexity index is 1400. The molecule has 0 aliphatic carbocycles. The highest BCUT2D eigenvalue weighted by Crippen LogP contribution is 2.70. The standard InChI is InChI=1S/C18H4Cl3F33Si/c1-2(55(19,20)21)3(22,23)4(24,25)5(26,27)6(28,29)7(30,31)8(32,33)9(34,35)10(36,37)11(38,39)12(40,41)13(42,43)14(44,45)15(46,47)16(48,49)17(50,51)18(52,53)54/h2H,1H3. The number of alkyl halides is 33. The summed E-state index contributed by atoms with van der Waals surface area (Å²) in [6.07, 6.45) is -8.40. The van der Waals surface area contributed by atoms with Crippen LogP contribution in [-0.4, -0.2) is 101 Å². The van der Waals surface area contributed by atoms with Gasteiger partial charge in [0.2, 0.25) is 0 Å². The van der Waals surface area contributed by atoms with E-state index in [1.807, 2.05) is 0 Å². The molecule has 0 N–H and O–H groups in total. The van der Waals surface area contributed by atoms with Crippen LogP contribution in [-0.2, 0) is 0 Å². The molecule has 0 aliphatic heterocycles. The molecular formula is C18H4Cl3F33Si. The minimum absolute atomic E-state index is 0.636. The predicted molar refractivity (Wildman–Crippen MR) is 113 cm³/mol. The Balaban J connectivity index is 7.79. The van der Waals surface area contributed by atoms with Gasteiger partial charge in [0, 0.05) is 0 Å². The molecule has 1 unspecified atom stereocenters. The third kappa shape index (κ3) is 6.40. The first-order valence-electron chi connectivity index (χ1n) is 11.7. The normalized spacial score (nSPS) is 17.8. The Kier molecular flexibility index (Phi) is 12.8. The van der Waals surface area contributed by atoms with Gasteiger partial charge in [0.05, 0.1) is 5.54 Å². The molecule has 0 amide bonds. The van der Waals surface area contributed by atoms with Crippen LogP contribution in [0.25, 0.3) is 0 Å². The third-order valence-corrected chi connectivity index (χ3v) is 11.2. The Morgan fingerprint density at radius 3 is 0.509 bits per heavy atom. The second-order valence-electron chi connectivity index (χ2n) is 10.4. The summed E-state index contributed by atoms with van der Waals surface area (Å²) in [5, 5.41) is 0. The largest absolute Gasteiger partial charge is 0.460 e. The van der Waals surface area contributed by atoms with E-state index in [9.17, 15) is 145 Å². The summed E-state index contributed by atoms with van der Waals surface area (Å²) in [5.41, 5.74) is -4.12. The van der Waals surface area contributed by atoms with Crippen molar-refractivity contribution in [2.45, 2.75) is 107 Å². The Morgan fingerprint density at radius 1 is 0.255 bits per heavy atom. The fraction of sp³-hybridized carbons (Fsp3) is 1.00. The van der Waals surface area contributed by atoms with Crippen LogP contribution in [0.3, 0.4) is 0 Å². The summed E-state index contributed by atoms with van der Waals surface area (Å²) in [4.78, 5) is 0.